The van der Waals surface area contributed by atoms with Crippen molar-refractivity contribution in [3.05, 3.63) is 60.2 Å². The van der Waals surface area contributed by atoms with E-state index in [-0.39, 0.29) is 0 Å². The van der Waals surface area contributed by atoms with Crippen LogP contribution >= 0.6 is 0 Å². The molecule has 2 aromatic heterocycles. The molecule has 3 heterocycles. The standard InChI is InChI=1S/C16H32O8.C14H18N2.2BF4/c1-2-18-5-6-20-9-10-22-13-14-24-16-15-23-12-11-21-8-7-19-4-3-17-1;1-13-5-3-7-15(11-13)9-10-16-8-4-6-14(2)12-16;2*2-1(3,4)5/h1-16H2;3-8,11-12H,9-10H2,1-2H3;;/q;+2;2*-1. The Balaban J connectivity index is 0.000000784. The summed E-state index contributed by atoms with van der Waals surface area (Å²) in [5.74, 6) is 0. The second-order valence-electron chi connectivity index (χ2n) is 10.1. The van der Waals surface area contributed by atoms with E-state index in [0.717, 1.165) is 13.1 Å². The Hall–Kier alpha value is -2.45. The molecule has 20 heteroatoms. The van der Waals surface area contributed by atoms with Crippen LogP contribution in [0.1, 0.15) is 11.1 Å². The van der Waals surface area contributed by atoms with E-state index < -0.39 is 14.5 Å². The fourth-order valence-corrected chi connectivity index (χ4v) is 3.57. The third-order valence-electron chi connectivity index (χ3n) is 5.60. The fourth-order valence-electron chi connectivity index (χ4n) is 3.57. The highest BCUT2D eigenvalue weighted by atomic mass is 19.5. The van der Waals surface area contributed by atoms with Crippen molar-refractivity contribution in [2.45, 2.75) is 26.9 Å². The number of rotatable bonds is 3. The van der Waals surface area contributed by atoms with Gasteiger partial charge in [0.25, 0.3) is 0 Å². The van der Waals surface area contributed by atoms with Crippen molar-refractivity contribution in [3.63, 3.8) is 0 Å². The van der Waals surface area contributed by atoms with Gasteiger partial charge in [0.05, 0.1) is 106 Å². The molecule has 3 rings (SSSR count). The van der Waals surface area contributed by atoms with E-state index >= 15 is 0 Å². The van der Waals surface area contributed by atoms with Gasteiger partial charge >= 0.3 is 14.5 Å². The SMILES string of the molecule is C1COCCOCCOCCOCCOCCOCCOCCO1.Cc1ccc[n+](CC[n+]2cccc(C)c2)c1.F[B-](F)(F)F.F[B-](F)(F)F. The van der Waals surface area contributed by atoms with Gasteiger partial charge in [-0.05, 0) is 26.0 Å². The Labute approximate surface area is 289 Å². The molecule has 10 nitrogen and oxygen atoms in total. The molecule has 1 aliphatic heterocycles. The molecular formula is C30H50B2F8N2O8. The van der Waals surface area contributed by atoms with Crippen molar-refractivity contribution in [3.8, 4) is 0 Å². The lowest BCUT2D eigenvalue weighted by Gasteiger charge is -2.09. The molecule has 2 aromatic rings. The maximum atomic E-state index is 9.75. The Morgan fingerprint density at radius 3 is 0.760 bits per heavy atom. The average Bonchev–Trinajstić information content (AvgIpc) is 3.01. The first-order valence-corrected chi connectivity index (χ1v) is 16.0. The topological polar surface area (TPSA) is 81.6 Å². The minimum Gasteiger partial charge on any atom is -0.418 e. The highest BCUT2D eigenvalue weighted by Crippen LogP contribution is 2.07. The lowest BCUT2D eigenvalue weighted by Crippen LogP contribution is -2.44. The molecule has 50 heavy (non-hydrogen) atoms. The molecule has 0 atom stereocenters. The molecule has 0 N–H and O–H groups in total. The van der Waals surface area contributed by atoms with Crippen LogP contribution in [0, 0.1) is 13.8 Å². The van der Waals surface area contributed by atoms with Crippen molar-refractivity contribution in [2.24, 2.45) is 0 Å². The summed E-state index contributed by atoms with van der Waals surface area (Å²) < 4.78 is 126. The lowest BCUT2D eigenvalue weighted by atomic mass is 10.3. The third-order valence-corrected chi connectivity index (χ3v) is 5.60. The number of pyridine rings is 2. The normalized spacial score (nSPS) is 17.2. The molecule has 1 fully saturated rings. The van der Waals surface area contributed by atoms with Crippen LogP contribution in [0.5, 0.6) is 0 Å². The van der Waals surface area contributed by atoms with Gasteiger partial charge in [0, 0.05) is 23.3 Å². The van der Waals surface area contributed by atoms with Crippen LogP contribution in [-0.4, -0.2) is 120 Å². The number of hydrogen-bond acceptors (Lipinski definition) is 8. The zero-order valence-electron chi connectivity index (χ0n) is 28.7. The van der Waals surface area contributed by atoms with Gasteiger partial charge in [0.2, 0.25) is 13.1 Å². The van der Waals surface area contributed by atoms with Crippen LogP contribution in [0.15, 0.2) is 49.1 Å². The number of halogens is 8. The second-order valence-corrected chi connectivity index (χ2v) is 10.1. The molecular weight excluding hydrogens is 690 g/mol. The first-order valence-electron chi connectivity index (χ1n) is 16.0. The number of aromatic nitrogens is 2. The summed E-state index contributed by atoms with van der Waals surface area (Å²) in [6.07, 6.45) is 8.58. The molecule has 290 valence electrons. The maximum Gasteiger partial charge on any atom is 0.673 e. The Bertz CT molecular complexity index is 887. The summed E-state index contributed by atoms with van der Waals surface area (Å²) in [4.78, 5) is 0. The molecule has 0 bridgehead atoms. The molecule has 0 radical (unpaired) electrons. The highest BCUT2D eigenvalue weighted by Gasteiger charge is 2.21. The minimum absolute atomic E-state index is 0.556. The Morgan fingerprint density at radius 2 is 0.600 bits per heavy atom. The van der Waals surface area contributed by atoms with E-state index in [0.29, 0.717) is 106 Å². The van der Waals surface area contributed by atoms with Crippen molar-refractivity contribution < 1.29 is 81.6 Å². The second kappa shape index (κ2) is 31.3. The first-order chi connectivity index (χ1) is 23.7. The van der Waals surface area contributed by atoms with Crippen molar-refractivity contribution in [1.82, 2.24) is 0 Å². The fraction of sp³-hybridized carbons (Fsp3) is 0.667. The Morgan fingerprint density at radius 1 is 0.420 bits per heavy atom. The van der Waals surface area contributed by atoms with Gasteiger partial charge in [-0.1, -0.05) is 0 Å². The van der Waals surface area contributed by atoms with E-state index in [1.54, 1.807) is 0 Å². The average molecular weight is 740 g/mol. The van der Waals surface area contributed by atoms with Gasteiger partial charge in [-0.3, -0.25) is 0 Å². The summed E-state index contributed by atoms with van der Waals surface area (Å²) in [7, 11) is -12.0. The molecule has 1 saturated heterocycles. The van der Waals surface area contributed by atoms with Gasteiger partial charge < -0.3 is 72.4 Å². The summed E-state index contributed by atoms with van der Waals surface area (Å²) in [6, 6.07) is 8.43. The zero-order chi connectivity index (χ0) is 37.4. The van der Waals surface area contributed by atoms with Crippen molar-refractivity contribution >= 4 is 14.5 Å². The zero-order valence-corrected chi connectivity index (χ0v) is 28.7. The molecule has 0 unspecified atom stereocenters. The van der Waals surface area contributed by atoms with Crippen LogP contribution < -0.4 is 9.13 Å². The molecule has 0 amide bonds. The first kappa shape index (κ1) is 47.5. The van der Waals surface area contributed by atoms with Crippen LogP contribution in [-0.2, 0) is 51.0 Å². The summed E-state index contributed by atoms with van der Waals surface area (Å²) in [5, 5.41) is 0. The molecule has 0 aromatic carbocycles. The Kier molecular flexibility index (Phi) is 29.8. The van der Waals surface area contributed by atoms with Gasteiger partial charge in [0.15, 0.2) is 24.8 Å². The van der Waals surface area contributed by atoms with Crippen LogP contribution in [0.2, 0.25) is 0 Å². The number of nitrogens with zero attached hydrogens (tertiary/aromatic N) is 2. The van der Waals surface area contributed by atoms with Crippen molar-refractivity contribution in [2.75, 3.05) is 106 Å². The van der Waals surface area contributed by atoms with E-state index in [2.05, 4.69) is 72.0 Å². The van der Waals surface area contributed by atoms with E-state index in [4.69, 9.17) is 37.9 Å². The summed E-state index contributed by atoms with van der Waals surface area (Å²) in [6.45, 7) is 15.2. The monoisotopic (exact) mass is 740 g/mol. The van der Waals surface area contributed by atoms with Crippen LogP contribution in [0.25, 0.3) is 0 Å². The van der Waals surface area contributed by atoms with Crippen molar-refractivity contribution in [1.29, 1.82) is 0 Å². The maximum absolute atomic E-state index is 9.75. The predicted molar refractivity (Wildman–Crippen MR) is 170 cm³/mol. The largest absolute Gasteiger partial charge is 0.673 e. The van der Waals surface area contributed by atoms with Crippen LogP contribution in [0.3, 0.4) is 0 Å². The quantitative estimate of drug-likeness (QED) is 0.262. The summed E-state index contributed by atoms with van der Waals surface area (Å²) in [5.41, 5.74) is 2.61. The van der Waals surface area contributed by atoms with E-state index in [1.165, 1.54) is 11.1 Å². The number of aryl methyl sites for hydroxylation is 4. The van der Waals surface area contributed by atoms with Gasteiger partial charge in [-0.25, -0.2) is 0 Å². The molecule has 0 saturated carbocycles. The number of hydrogen-bond donors (Lipinski definition) is 0. The minimum atomic E-state index is -6.00. The van der Waals surface area contributed by atoms with Gasteiger partial charge in [0.1, 0.15) is 0 Å². The third kappa shape index (κ3) is 41.7. The van der Waals surface area contributed by atoms with E-state index in [9.17, 15) is 34.5 Å². The van der Waals surface area contributed by atoms with Crippen LogP contribution in [0.4, 0.5) is 34.5 Å². The summed E-state index contributed by atoms with van der Waals surface area (Å²) >= 11 is 0. The molecule has 0 spiro atoms. The molecule has 1 aliphatic rings. The van der Waals surface area contributed by atoms with Gasteiger partial charge in [-0.2, -0.15) is 9.13 Å². The molecule has 0 aliphatic carbocycles. The highest BCUT2D eigenvalue weighted by molar-refractivity contribution is 6.50. The smallest absolute Gasteiger partial charge is 0.418 e. The van der Waals surface area contributed by atoms with Gasteiger partial charge in [-0.15, -0.1) is 0 Å². The van der Waals surface area contributed by atoms with E-state index in [1.807, 2.05) is 0 Å². The lowest BCUT2D eigenvalue weighted by molar-refractivity contribution is -0.778. The number of ether oxygens (including phenoxy) is 8. The predicted octanol–water partition coefficient (Wildman–Crippen LogP) is 4.31.